The molecule has 17 heavy (non-hydrogen) atoms. The van der Waals surface area contributed by atoms with Gasteiger partial charge in [-0.1, -0.05) is 12.1 Å². The Morgan fingerprint density at radius 2 is 1.94 bits per heavy atom. The predicted molar refractivity (Wildman–Crippen MR) is 59.1 cm³/mol. The molecular weight excluding hydrogens is 218 g/mol. The molecule has 1 aromatic carbocycles. The van der Waals surface area contributed by atoms with E-state index in [2.05, 4.69) is 0 Å². The van der Waals surface area contributed by atoms with Crippen molar-refractivity contribution in [1.82, 2.24) is 0 Å². The topological polar surface area (TPSA) is 78.2 Å². The van der Waals surface area contributed by atoms with Gasteiger partial charge in [0.15, 0.2) is 0 Å². The Morgan fingerprint density at radius 3 is 2.41 bits per heavy atom. The second kappa shape index (κ2) is 4.38. The lowest BCUT2D eigenvalue weighted by atomic mass is 10.0. The van der Waals surface area contributed by atoms with Crippen LogP contribution in [0, 0.1) is 23.2 Å². The Hall–Kier alpha value is -2.15. The minimum Gasteiger partial charge on any atom is -0.481 e. The molecule has 0 amide bonds. The van der Waals surface area contributed by atoms with E-state index in [-0.39, 0.29) is 18.1 Å². The van der Waals surface area contributed by atoms with Crippen LogP contribution in [0.25, 0.3) is 0 Å². The van der Waals surface area contributed by atoms with Crippen LogP contribution in [0.3, 0.4) is 0 Å². The van der Waals surface area contributed by atoms with Crippen LogP contribution in [0.15, 0.2) is 24.3 Å². The van der Waals surface area contributed by atoms with E-state index in [1.165, 1.54) is 0 Å². The maximum Gasteiger partial charge on any atom is 0.307 e. The molecule has 4 heteroatoms. The van der Waals surface area contributed by atoms with Crippen LogP contribution in [0.1, 0.15) is 17.5 Å². The van der Waals surface area contributed by atoms with Gasteiger partial charge in [0.1, 0.15) is 5.78 Å². The highest BCUT2D eigenvalue weighted by molar-refractivity contribution is 5.92. The van der Waals surface area contributed by atoms with E-state index in [4.69, 9.17) is 10.4 Å². The Kier molecular flexibility index (Phi) is 2.92. The highest BCUT2D eigenvalue weighted by Gasteiger charge is 2.47. The molecule has 1 aliphatic rings. The summed E-state index contributed by atoms with van der Waals surface area (Å²) in [5.41, 5.74) is 1.38. The molecule has 0 saturated heterocycles. The molecule has 2 atom stereocenters. The van der Waals surface area contributed by atoms with Crippen LogP contribution in [0.4, 0.5) is 0 Å². The molecule has 1 aliphatic carbocycles. The minimum atomic E-state index is -0.886. The first kappa shape index (κ1) is 11.3. The summed E-state index contributed by atoms with van der Waals surface area (Å²) < 4.78 is 0. The molecule has 1 aromatic rings. The number of carboxylic acid groups (broad SMARTS) is 1. The summed E-state index contributed by atoms with van der Waals surface area (Å²) in [6, 6.07) is 8.78. The molecule has 0 bridgehead atoms. The molecule has 1 saturated carbocycles. The zero-order chi connectivity index (χ0) is 12.4. The van der Waals surface area contributed by atoms with Crippen molar-refractivity contribution in [3.63, 3.8) is 0 Å². The van der Waals surface area contributed by atoms with E-state index in [9.17, 15) is 9.59 Å². The average Bonchev–Trinajstić information content (AvgIpc) is 3.10. The molecule has 0 aliphatic heterocycles. The molecule has 1 N–H and O–H groups in total. The number of carboxylic acids is 1. The van der Waals surface area contributed by atoms with Crippen molar-refractivity contribution in [1.29, 1.82) is 5.26 Å². The number of aliphatic carboxylic acids is 1. The van der Waals surface area contributed by atoms with E-state index in [0.29, 0.717) is 12.0 Å². The second-order valence-electron chi connectivity index (χ2n) is 4.24. The van der Waals surface area contributed by atoms with Gasteiger partial charge in [-0.25, -0.2) is 0 Å². The normalized spacial score (nSPS) is 21.6. The fraction of sp³-hybridized carbons (Fsp3) is 0.308. The number of ketones is 1. The number of rotatable bonds is 4. The number of hydrogen-bond acceptors (Lipinski definition) is 3. The van der Waals surface area contributed by atoms with E-state index >= 15 is 0 Å². The van der Waals surface area contributed by atoms with Gasteiger partial charge in [0, 0.05) is 12.3 Å². The number of Topliss-reactive ketones (excluding diaryl/α,β-unsaturated/α-hetero) is 1. The second-order valence-corrected chi connectivity index (χ2v) is 4.24. The number of nitriles is 1. The summed E-state index contributed by atoms with van der Waals surface area (Å²) in [5, 5.41) is 17.3. The van der Waals surface area contributed by atoms with Gasteiger partial charge in [-0.15, -0.1) is 0 Å². The standard InChI is InChI=1S/C13H11NO3/c14-7-9-3-1-8(2-4-9)5-12(15)10-6-11(10)13(16)17/h1-4,10-11H,5-6H2,(H,16,17). The number of nitrogens with zero attached hydrogens (tertiary/aromatic N) is 1. The molecule has 86 valence electrons. The van der Waals surface area contributed by atoms with E-state index < -0.39 is 11.9 Å². The van der Waals surface area contributed by atoms with Crippen LogP contribution in [0.5, 0.6) is 0 Å². The molecule has 2 rings (SSSR count). The van der Waals surface area contributed by atoms with Gasteiger partial charge in [-0.3, -0.25) is 9.59 Å². The van der Waals surface area contributed by atoms with Crippen molar-refractivity contribution in [3.8, 4) is 6.07 Å². The van der Waals surface area contributed by atoms with Crippen LogP contribution >= 0.6 is 0 Å². The fourth-order valence-electron chi connectivity index (χ4n) is 1.85. The highest BCUT2D eigenvalue weighted by atomic mass is 16.4. The molecule has 0 heterocycles. The lowest BCUT2D eigenvalue weighted by Gasteiger charge is -2.00. The monoisotopic (exact) mass is 229 g/mol. The number of hydrogen-bond donors (Lipinski definition) is 1. The predicted octanol–water partition coefficient (Wildman–Crippen LogP) is 1.39. The summed E-state index contributed by atoms with van der Waals surface area (Å²) in [7, 11) is 0. The molecule has 1 fully saturated rings. The van der Waals surface area contributed by atoms with Crippen molar-refractivity contribution in [2.45, 2.75) is 12.8 Å². The third-order valence-electron chi connectivity index (χ3n) is 2.98. The van der Waals surface area contributed by atoms with Gasteiger partial charge in [-0.05, 0) is 24.1 Å². The molecule has 4 nitrogen and oxygen atoms in total. The fourth-order valence-corrected chi connectivity index (χ4v) is 1.85. The molecule has 0 spiro atoms. The maximum atomic E-state index is 11.7. The van der Waals surface area contributed by atoms with Crippen molar-refractivity contribution in [3.05, 3.63) is 35.4 Å². The summed E-state index contributed by atoms with van der Waals surface area (Å²) in [4.78, 5) is 22.3. The Balaban J connectivity index is 1.95. The van der Waals surface area contributed by atoms with Crippen LogP contribution in [-0.2, 0) is 16.0 Å². The van der Waals surface area contributed by atoms with Crippen molar-refractivity contribution in [2.75, 3.05) is 0 Å². The molecule has 0 radical (unpaired) electrons. The lowest BCUT2D eigenvalue weighted by molar-refractivity contribution is -0.140. The average molecular weight is 229 g/mol. The quantitative estimate of drug-likeness (QED) is 0.846. The maximum absolute atomic E-state index is 11.7. The first-order valence-corrected chi connectivity index (χ1v) is 5.36. The summed E-state index contributed by atoms with van der Waals surface area (Å²) in [5.74, 6) is -1.71. The smallest absolute Gasteiger partial charge is 0.307 e. The van der Waals surface area contributed by atoms with E-state index in [1.807, 2.05) is 6.07 Å². The Morgan fingerprint density at radius 1 is 1.29 bits per heavy atom. The first-order valence-electron chi connectivity index (χ1n) is 5.36. The third kappa shape index (κ3) is 2.51. The number of carbonyl (C=O) groups is 2. The largest absolute Gasteiger partial charge is 0.481 e. The first-order chi connectivity index (χ1) is 8.11. The van der Waals surface area contributed by atoms with Gasteiger partial charge < -0.3 is 5.11 Å². The number of carbonyl (C=O) groups excluding carboxylic acids is 1. The number of benzene rings is 1. The van der Waals surface area contributed by atoms with E-state index in [0.717, 1.165) is 5.56 Å². The third-order valence-corrected chi connectivity index (χ3v) is 2.98. The van der Waals surface area contributed by atoms with Gasteiger partial charge in [-0.2, -0.15) is 5.26 Å². The summed E-state index contributed by atoms with van der Waals surface area (Å²) in [6.07, 6.45) is 0.713. The van der Waals surface area contributed by atoms with Crippen molar-refractivity contribution in [2.24, 2.45) is 11.8 Å². The highest BCUT2D eigenvalue weighted by Crippen LogP contribution is 2.39. The van der Waals surface area contributed by atoms with Crippen LogP contribution in [-0.4, -0.2) is 16.9 Å². The lowest BCUT2D eigenvalue weighted by Crippen LogP contribution is -2.10. The van der Waals surface area contributed by atoms with Gasteiger partial charge in [0.25, 0.3) is 0 Å². The van der Waals surface area contributed by atoms with Gasteiger partial charge in [0.2, 0.25) is 0 Å². The summed E-state index contributed by atoms with van der Waals surface area (Å²) >= 11 is 0. The molecule has 0 aromatic heterocycles. The Labute approximate surface area is 98.5 Å². The zero-order valence-electron chi connectivity index (χ0n) is 9.09. The van der Waals surface area contributed by atoms with E-state index in [1.54, 1.807) is 24.3 Å². The Bertz CT molecular complexity index is 498. The molecule has 2 unspecified atom stereocenters. The van der Waals surface area contributed by atoms with Crippen molar-refractivity contribution >= 4 is 11.8 Å². The minimum absolute atomic E-state index is 0.0258. The van der Waals surface area contributed by atoms with Crippen molar-refractivity contribution < 1.29 is 14.7 Å². The zero-order valence-corrected chi connectivity index (χ0v) is 9.09. The van der Waals surface area contributed by atoms with Crippen LogP contribution < -0.4 is 0 Å². The SMILES string of the molecule is N#Cc1ccc(CC(=O)C2CC2C(=O)O)cc1. The van der Waals surface area contributed by atoms with Gasteiger partial charge in [0.05, 0.1) is 17.6 Å². The summed E-state index contributed by atoms with van der Waals surface area (Å²) in [6.45, 7) is 0. The molecular formula is C13H11NO3. The van der Waals surface area contributed by atoms with Gasteiger partial charge >= 0.3 is 5.97 Å². The van der Waals surface area contributed by atoms with Crippen LogP contribution in [0.2, 0.25) is 0 Å².